The lowest BCUT2D eigenvalue weighted by molar-refractivity contribution is 0.0946. The molecule has 0 aliphatic rings. The molecule has 0 aliphatic carbocycles. The molecular weight excluding hydrogens is 320 g/mol. The molecule has 134 valence electrons. The van der Waals surface area contributed by atoms with E-state index in [1.54, 1.807) is 7.11 Å². The molecule has 2 aromatic rings. The van der Waals surface area contributed by atoms with Crippen LogP contribution in [0.15, 0.2) is 36.7 Å². The molecule has 0 unspecified atom stereocenters. The van der Waals surface area contributed by atoms with E-state index < -0.39 is 0 Å². The highest BCUT2D eigenvalue weighted by molar-refractivity contribution is 5.93. The standard InChI is InChI=1S/C18H24N4O3/c1-3-4-9-20-18-21-12-14(13-22-18)17(23)19-10-11-25-16-7-5-15(24-2)6-8-16/h5-8,12-13H,3-4,9-11H2,1-2H3,(H,19,23)(H,20,21,22). The number of nitrogens with one attached hydrogen (secondary N) is 2. The van der Waals surface area contributed by atoms with Crippen LogP contribution in [0.3, 0.4) is 0 Å². The van der Waals surface area contributed by atoms with Crippen molar-refractivity contribution in [1.82, 2.24) is 15.3 Å². The summed E-state index contributed by atoms with van der Waals surface area (Å²) in [6.45, 7) is 3.70. The third kappa shape index (κ3) is 6.29. The minimum atomic E-state index is -0.224. The number of benzene rings is 1. The van der Waals surface area contributed by atoms with Crippen LogP contribution in [0.5, 0.6) is 11.5 Å². The summed E-state index contributed by atoms with van der Waals surface area (Å²) in [6, 6.07) is 7.28. The lowest BCUT2D eigenvalue weighted by Gasteiger charge is -2.08. The van der Waals surface area contributed by atoms with Gasteiger partial charge in [0, 0.05) is 18.9 Å². The number of aromatic nitrogens is 2. The van der Waals surface area contributed by atoms with Gasteiger partial charge in [0.05, 0.1) is 19.2 Å². The first-order chi connectivity index (χ1) is 12.2. The zero-order valence-corrected chi connectivity index (χ0v) is 14.6. The van der Waals surface area contributed by atoms with Gasteiger partial charge in [-0.25, -0.2) is 9.97 Å². The quantitative estimate of drug-likeness (QED) is 0.644. The lowest BCUT2D eigenvalue weighted by Crippen LogP contribution is -2.28. The van der Waals surface area contributed by atoms with Gasteiger partial charge in [-0.1, -0.05) is 13.3 Å². The highest BCUT2D eigenvalue weighted by atomic mass is 16.5. The fraction of sp³-hybridized carbons (Fsp3) is 0.389. The van der Waals surface area contributed by atoms with Crippen LogP contribution in [-0.2, 0) is 0 Å². The Balaban J connectivity index is 1.70. The van der Waals surface area contributed by atoms with Gasteiger partial charge in [0.25, 0.3) is 5.91 Å². The lowest BCUT2D eigenvalue weighted by atomic mass is 10.3. The Labute approximate surface area is 147 Å². The average Bonchev–Trinajstić information content (AvgIpc) is 2.66. The third-order valence-electron chi connectivity index (χ3n) is 3.44. The SMILES string of the molecule is CCCCNc1ncc(C(=O)NCCOc2ccc(OC)cc2)cn1. The number of hydrogen-bond donors (Lipinski definition) is 2. The van der Waals surface area contributed by atoms with Crippen molar-refractivity contribution in [2.75, 3.05) is 32.1 Å². The van der Waals surface area contributed by atoms with Gasteiger partial charge < -0.3 is 20.1 Å². The van der Waals surface area contributed by atoms with Crippen molar-refractivity contribution in [2.45, 2.75) is 19.8 Å². The van der Waals surface area contributed by atoms with E-state index in [1.807, 2.05) is 24.3 Å². The van der Waals surface area contributed by atoms with E-state index in [2.05, 4.69) is 27.5 Å². The summed E-state index contributed by atoms with van der Waals surface area (Å²) in [6.07, 6.45) is 5.19. The van der Waals surface area contributed by atoms with Crippen LogP contribution >= 0.6 is 0 Å². The van der Waals surface area contributed by atoms with Crippen LogP contribution in [0.2, 0.25) is 0 Å². The molecule has 0 spiro atoms. The maximum absolute atomic E-state index is 12.0. The van der Waals surface area contributed by atoms with Crippen molar-refractivity contribution in [3.05, 3.63) is 42.2 Å². The topological polar surface area (TPSA) is 85.4 Å². The van der Waals surface area contributed by atoms with Gasteiger partial charge >= 0.3 is 0 Å². The minimum Gasteiger partial charge on any atom is -0.497 e. The summed E-state index contributed by atoms with van der Waals surface area (Å²) in [5.74, 6) is 1.81. The number of anilines is 1. The molecule has 7 nitrogen and oxygen atoms in total. The van der Waals surface area contributed by atoms with E-state index >= 15 is 0 Å². The van der Waals surface area contributed by atoms with Crippen LogP contribution in [0.1, 0.15) is 30.1 Å². The largest absolute Gasteiger partial charge is 0.497 e. The first-order valence-corrected chi connectivity index (χ1v) is 8.34. The highest BCUT2D eigenvalue weighted by Crippen LogP contribution is 2.16. The van der Waals surface area contributed by atoms with Crippen molar-refractivity contribution < 1.29 is 14.3 Å². The molecule has 0 saturated heterocycles. The van der Waals surface area contributed by atoms with Crippen molar-refractivity contribution in [3.63, 3.8) is 0 Å². The number of nitrogens with zero attached hydrogens (tertiary/aromatic N) is 2. The Kier molecular flexibility index (Phi) is 7.49. The normalized spacial score (nSPS) is 10.2. The smallest absolute Gasteiger partial charge is 0.254 e. The van der Waals surface area contributed by atoms with Crippen LogP contribution < -0.4 is 20.1 Å². The number of unbranched alkanes of at least 4 members (excludes halogenated alkanes) is 1. The number of ether oxygens (including phenoxy) is 2. The van der Waals surface area contributed by atoms with E-state index in [0.29, 0.717) is 24.7 Å². The maximum Gasteiger partial charge on any atom is 0.254 e. The van der Waals surface area contributed by atoms with E-state index in [-0.39, 0.29) is 5.91 Å². The molecule has 7 heteroatoms. The Morgan fingerprint density at radius 2 is 1.76 bits per heavy atom. The van der Waals surface area contributed by atoms with Gasteiger partial charge in [-0.2, -0.15) is 0 Å². The molecule has 0 radical (unpaired) electrons. The first kappa shape index (κ1) is 18.5. The van der Waals surface area contributed by atoms with Crippen LogP contribution in [0, 0.1) is 0 Å². The van der Waals surface area contributed by atoms with Crippen LogP contribution in [0.25, 0.3) is 0 Å². The summed E-state index contributed by atoms with van der Waals surface area (Å²) < 4.78 is 10.6. The minimum absolute atomic E-state index is 0.224. The third-order valence-corrected chi connectivity index (χ3v) is 3.44. The second-order valence-electron chi connectivity index (χ2n) is 5.36. The molecule has 0 saturated carbocycles. The summed E-state index contributed by atoms with van der Waals surface area (Å²) in [5.41, 5.74) is 0.422. The number of methoxy groups -OCH3 is 1. The van der Waals surface area contributed by atoms with E-state index in [9.17, 15) is 4.79 Å². The van der Waals surface area contributed by atoms with Crippen molar-refractivity contribution in [3.8, 4) is 11.5 Å². The Hall–Kier alpha value is -2.83. The van der Waals surface area contributed by atoms with Crippen molar-refractivity contribution in [1.29, 1.82) is 0 Å². The van der Waals surface area contributed by atoms with E-state index in [4.69, 9.17) is 9.47 Å². The molecule has 0 atom stereocenters. The fourth-order valence-corrected chi connectivity index (χ4v) is 2.02. The second kappa shape index (κ2) is 10.1. The molecule has 0 bridgehead atoms. The predicted octanol–water partition coefficient (Wildman–Crippen LogP) is 2.51. The van der Waals surface area contributed by atoms with Crippen LogP contribution in [0.4, 0.5) is 5.95 Å². The van der Waals surface area contributed by atoms with Gasteiger partial charge in [0.2, 0.25) is 5.95 Å². The molecule has 1 aromatic heterocycles. The summed E-state index contributed by atoms with van der Waals surface area (Å²) >= 11 is 0. The molecule has 0 fully saturated rings. The molecule has 1 amide bonds. The zero-order chi connectivity index (χ0) is 17.9. The summed E-state index contributed by atoms with van der Waals surface area (Å²) in [4.78, 5) is 20.3. The van der Waals surface area contributed by atoms with Gasteiger partial charge in [-0.05, 0) is 30.7 Å². The number of carbonyl (C=O) groups excluding carboxylic acids is 1. The maximum atomic E-state index is 12.0. The predicted molar refractivity (Wildman–Crippen MR) is 96.3 cm³/mol. The zero-order valence-electron chi connectivity index (χ0n) is 14.6. The molecule has 1 heterocycles. The fourth-order valence-electron chi connectivity index (χ4n) is 2.02. The summed E-state index contributed by atoms with van der Waals surface area (Å²) in [5, 5.41) is 5.88. The first-order valence-electron chi connectivity index (χ1n) is 8.34. The highest BCUT2D eigenvalue weighted by Gasteiger charge is 2.06. The Morgan fingerprint density at radius 3 is 2.40 bits per heavy atom. The summed E-state index contributed by atoms with van der Waals surface area (Å²) in [7, 11) is 1.61. The van der Waals surface area contributed by atoms with Crippen molar-refractivity contribution >= 4 is 11.9 Å². The van der Waals surface area contributed by atoms with Gasteiger partial charge in [0.15, 0.2) is 0 Å². The Bertz CT molecular complexity index is 644. The Morgan fingerprint density at radius 1 is 1.08 bits per heavy atom. The number of amides is 1. The molecule has 2 N–H and O–H groups in total. The number of carbonyl (C=O) groups is 1. The van der Waals surface area contributed by atoms with Crippen LogP contribution in [-0.4, -0.2) is 42.7 Å². The van der Waals surface area contributed by atoms with E-state index in [1.165, 1.54) is 12.4 Å². The van der Waals surface area contributed by atoms with Gasteiger partial charge in [-0.3, -0.25) is 4.79 Å². The average molecular weight is 344 g/mol. The van der Waals surface area contributed by atoms with E-state index in [0.717, 1.165) is 30.9 Å². The molecule has 0 aliphatic heterocycles. The van der Waals surface area contributed by atoms with Gasteiger partial charge in [0.1, 0.15) is 18.1 Å². The second-order valence-corrected chi connectivity index (χ2v) is 5.36. The molecular formula is C18H24N4O3. The van der Waals surface area contributed by atoms with Crippen molar-refractivity contribution in [2.24, 2.45) is 0 Å². The molecule has 1 aromatic carbocycles. The monoisotopic (exact) mass is 344 g/mol. The molecule has 2 rings (SSSR count). The molecule has 25 heavy (non-hydrogen) atoms. The van der Waals surface area contributed by atoms with Gasteiger partial charge in [-0.15, -0.1) is 0 Å². The number of rotatable bonds is 10. The number of hydrogen-bond acceptors (Lipinski definition) is 6.